The summed E-state index contributed by atoms with van der Waals surface area (Å²) >= 11 is 0. The SMILES string of the molecule is CCC[C@](O)(CO)C(=O)OCC. The first-order valence-corrected chi connectivity index (χ1v) is 4.11. The molecule has 1 atom stereocenters. The van der Waals surface area contributed by atoms with Gasteiger partial charge in [-0.25, -0.2) is 4.79 Å². The average molecular weight is 176 g/mol. The summed E-state index contributed by atoms with van der Waals surface area (Å²) < 4.78 is 4.60. The number of esters is 1. The number of ether oxygens (including phenoxy) is 1. The van der Waals surface area contributed by atoms with Crippen molar-refractivity contribution in [2.45, 2.75) is 32.3 Å². The molecule has 12 heavy (non-hydrogen) atoms. The zero-order valence-electron chi connectivity index (χ0n) is 7.54. The molecule has 0 unspecified atom stereocenters. The van der Waals surface area contributed by atoms with Crippen molar-refractivity contribution in [1.29, 1.82) is 0 Å². The minimum atomic E-state index is -1.70. The highest BCUT2D eigenvalue weighted by atomic mass is 16.6. The third-order valence-corrected chi connectivity index (χ3v) is 1.58. The highest BCUT2D eigenvalue weighted by molar-refractivity contribution is 5.79. The van der Waals surface area contributed by atoms with Crippen LogP contribution in [0.2, 0.25) is 0 Å². The van der Waals surface area contributed by atoms with Crippen molar-refractivity contribution >= 4 is 5.97 Å². The van der Waals surface area contributed by atoms with E-state index in [0.717, 1.165) is 0 Å². The highest BCUT2D eigenvalue weighted by Gasteiger charge is 2.35. The highest BCUT2D eigenvalue weighted by Crippen LogP contribution is 2.13. The number of aliphatic hydroxyl groups excluding tert-OH is 1. The average Bonchev–Trinajstić information content (AvgIpc) is 2.05. The summed E-state index contributed by atoms with van der Waals surface area (Å²) in [5.41, 5.74) is -1.70. The van der Waals surface area contributed by atoms with Gasteiger partial charge in [0.25, 0.3) is 0 Å². The zero-order valence-corrected chi connectivity index (χ0v) is 7.54. The van der Waals surface area contributed by atoms with Crippen LogP contribution in [-0.4, -0.2) is 35.0 Å². The van der Waals surface area contributed by atoms with Crippen molar-refractivity contribution in [1.82, 2.24) is 0 Å². The maximum absolute atomic E-state index is 11.1. The first-order valence-electron chi connectivity index (χ1n) is 4.11. The molecular weight excluding hydrogens is 160 g/mol. The van der Waals surface area contributed by atoms with Gasteiger partial charge in [0, 0.05) is 0 Å². The van der Waals surface area contributed by atoms with Gasteiger partial charge < -0.3 is 14.9 Å². The molecule has 0 rings (SSSR count). The van der Waals surface area contributed by atoms with Crippen LogP contribution in [0.4, 0.5) is 0 Å². The van der Waals surface area contributed by atoms with Gasteiger partial charge in [0.05, 0.1) is 13.2 Å². The maximum Gasteiger partial charge on any atom is 0.340 e. The van der Waals surface area contributed by atoms with Crippen LogP contribution in [-0.2, 0) is 9.53 Å². The second kappa shape index (κ2) is 5.11. The Morgan fingerprint density at radius 2 is 2.08 bits per heavy atom. The summed E-state index contributed by atoms with van der Waals surface area (Å²) in [4.78, 5) is 11.1. The summed E-state index contributed by atoms with van der Waals surface area (Å²) in [6, 6.07) is 0. The van der Waals surface area contributed by atoms with Crippen LogP contribution in [0, 0.1) is 0 Å². The van der Waals surface area contributed by atoms with E-state index in [1.807, 2.05) is 6.92 Å². The van der Waals surface area contributed by atoms with E-state index >= 15 is 0 Å². The van der Waals surface area contributed by atoms with Crippen molar-refractivity contribution in [3.05, 3.63) is 0 Å². The van der Waals surface area contributed by atoms with Gasteiger partial charge in [-0.15, -0.1) is 0 Å². The minimum Gasteiger partial charge on any atom is -0.464 e. The molecule has 0 saturated heterocycles. The Labute approximate surface area is 72.2 Å². The Hall–Kier alpha value is -0.610. The molecule has 0 aromatic carbocycles. The smallest absolute Gasteiger partial charge is 0.340 e. The van der Waals surface area contributed by atoms with Gasteiger partial charge in [-0.1, -0.05) is 13.3 Å². The zero-order chi connectivity index (χ0) is 9.61. The van der Waals surface area contributed by atoms with Gasteiger partial charge in [0.2, 0.25) is 0 Å². The summed E-state index contributed by atoms with van der Waals surface area (Å²) in [6.07, 6.45) is 0.845. The number of carbonyl (C=O) groups is 1. The van der Waals surface area contributed by atoms with Crippen LogP contribution < -0.4 is 0 Å². The van der Waals surface area contributed by atoms with Gasteiger partial charge in [-0.05, 0) is 13.3 Å². The predicted octanol–water partition coefficient (Wildman–Crippen LogP) is 0.0730. The van der Waals surface area contributed by atoms with E-state index in [0.29, 0.717) is 6.42 Å². The van der Waals surface area contributed by atoms with Crippen molar-refractivity contribution in [2.75, 3.05) is 13.2 Å². The number of rotatable bonds is 5. The van der Waals surface area contributed by atoms with E-state index < -0.39 is 18.2 Å². The van der Waals surface area contributed by atoms with Crippen molar-refractivity contribution < 1.29 is 19.7 Å². The first kappa shape index (κ1) is 11.4. The summed E-state index contributed by atoms with van der Waals surface area (Å²) in [6.45, 7) is 3.10. The van der Waals surface area contributed by atoms with Crippen LogP contribution in [0.25, 0.3) is 0 Å². The quantitative estimate of drug-likeness (QED) is 0.582. The Bertz CT molecular complexity index is 146. The predicted molar refractivity (Wildman–Crippen MR) is 43.6 cm³/mol. The molecule has 0 aliphatic rings. The van der Waals surface area contributed by atoms with Crippen molar-refractivity contribution in [3.63, 3.8) is 0 Å². The molecule has 0 aromatic heterocycles. The van der Waals surface area contributed by atoms with E-state index in [1.54, 1.807) is 6.92 Å². The lowest BCUT2D eigenvalue weighted by atomic mass is 10.00. The molecule has 0 heterocycles. The Kier molecular flexibility index (Phi) is 4.85. The molecule has 2 N–H and O–H groups in total. The second-order valence-electron chi connectivity index (χ2n) is 2.66. The summed E-state index contributed by atoms with van der Waals surface area (Å²) in [5, 5.41) is 18.3. The standard InChI is InChI=1S/C8H16O4/c1-3-5-8(11,6-9)7(10)12-4-2/h9,11H,3-6H2,1-2H3/t8-/m0/s1. The largest absolute Gasteiger partial charge is 0.464 e. The number of hydrogen-bond donors (Lipinski definition) is 2. The van der Waals surface area contributed by atoms with Crippen molar-refractivity contribution in [3.8, 4) is 0 Å². The molecule has 0 aliphatic heterocycles. The number of aliphatic hydroxyl groups is 2. The molecule has 0 spiro atoms. The van der Waals surface area contributed by atoms with E-state index in [4.69, 9.17) is 5.11 Å². The molecule has 0 fully saturated rings. The Morgan fingerprint density at radius 1 is 1.50 bits per heavy atom. The third-order valence-electron chi connectivity index (χ3n) is 1.58. The molecule has 0 amide bonds. The monoisotopic (exact) mass is 176 g/mol. The molecule has 4 nitrogen and oxygen atoms in total. The Balaban J connectivity index is 4.18. The van der Waals surface area contributed by atoms with Gasteiger partial charge in [0.1, 0.15) is 0 Å². The second-order valence-corrected chi connectivity index (χ2v) is 2.66. The molecule has 72 valence electrons. The van der Waals surface area contributed by atoms with Gasteiger partial charge in [-0.3, -0.25) is 0 Å². The van der Waals surface area contributed by atoms with Gasteiger partial charge in [0.15, 0.2) is 5.60 Å². The summed E-state index contributed by atoms with van der Waals surface area (Å²) in [7, 11) is 0. The molecule has 0 radical (unpaired) electrons. The fourth-order valence-electron chi connectivity index (χ4n) is 0.925. The lowest BCUT2D eigenvalue weighted by Crippen LogP contribution is -2.43. The maximum atomic E-state index is 11.1. The van der Waals surface area contributed by atoms with E-state index in [9.17, 15) is 9.90 Å². The fourth-order valence-corrected chi connectivity index (χ4v) is 0.925. The van der Waals surface area contributed by atoms with E-state index in [-0.39, 0.29) is 13.0 Å². The number of hydrogen-bond acceptors (Lipinski definition) is 4. The van der Waals surface area contributed by atoms with E-state index in [1.165, 1.54) is 0 Å². The van der Waals surface area contributed by atoms with Crippen LogP contribution >= 0.6 is 0 Å². The Morgan fingerprint density at radius 3 is 2.42 bits per heavy atom. The lowest BCUT2D eigenvalue weighted by molar-refractivity contribution is -0.170. The third kappa shape index (κ3) is 2.79. The lowest BCUT2D eigenvalue weighted by Gasteiger charge is -2.22. The molecule has 0 aromatic rings. The van der Waals surface area contributed by atoms with Crippen LogP contribution in [0.5, 0.6) is 0 Å². The normalized spacial score (nSPS) is 15.3. The first-order chi connectivity index (χ1) is 5.60. The minimum absolute atomic E-state index is 0.213. The van der Waals surface area contributed by atoms with Gasteiger partial charge in [-0.2, -0.15) is 0 Å². The van der Waals surface area contributed by atoms with Crippen LogP contribution in [0.15, 0.2) is 0 Å². The topological polar surface area (TPSA) is 66.8 Å². The molecule has 4 heteroatoms. The fraction of sp³-hybridized carbons (Fsp3) is 0.875. The molecule has 0 saturated carbocycles. The van der Waals surface area contributed by atoms with Crippen LogP contribution in [0.3, 0.4) is 0 Å². The van der Waals surface area contributed by atoms with Gasteiger partial charge >= 0.3 is 5.97 Å². The number of carbonyl (C=O) groups excluding carboxylic acids is 1. The van der Waals surface area contributed by atoms with Crippen molar-refractivity contribution in [2.24, 2.45) is 0 Å². The molecule has 0 aliphatic carbocycles. The van der Waals surface area contributed by atoms with E-state index in [2.05, 4.69) is 4.74 Å². The molecule has 0 bridgehead atoms. The van der Waals surface area contributed by atoms with Crippen LogP contribution in [0.1, 0.15) is 26.7 Å². The molecular formula is C8H16O4. The summed E-state index contributed by atoms with van der Waals surface area (Å²) in [5.74, 6) is -0.741.